The molecule has 0 aliphatic carbocycles. The predicted molar refractivity (Wildman–Crippen MR) is 73.2 cm³/mol. The third-order valence-corrected chi connectivity index (χ3v) is 3.20. The molecule has 0 unspecified atom stereocenters. The van der Waals surface area contributed by atoms with E-state index in [4.69, 9.17) is 4.74 Å². The summed E-state index contributed by atoms with van der Waals surface area (Å²) in [5.74, 6) is 0.898. The van der Waals surface area contributed by atoms with Crippen LogP contribution < -0.4 is 4.74 Å². The number of hydrogen-bond donors (Lipinski definition) is 0. The van der Waals surface area contributed by atoms with Gasteiger partial charge in [0.2, 0.25) is 0 Å². The maximum absolute atomic E-state index is 5.68. The Kier molecular flexibility index (Phi) is 4.60. The Hall–Kier alpha value is -0.760. The zero-order valence-corrected chi connectivity index (χ0v) is 11.8. The summed E-state index contributed by atoms with van der Waals surface area (Å²) in [6.07, 6.45) is 0. The van der Waals surface area contributed by atoms with Crippen molar-refractivity contribution in [2.24, 2.45) is 5.41 Å². The van der Waals surface area contributed by atoms with E-state index in [0.717, 1.165) is 16.7 Å². The van der Waals surface area contributed by atoms with E-state index in [1.807, 2.05) is 12.1 Å². The minimum Gasteiger partial charge on any atom is -0.489 e. The second kappa shape index (κ2) is 5.53. The molecule has 0 spiro atoms. The Balaban J connectivity index is 2.52. The lowest BCUT2D eigenvalue weighted by Gasteiger charge is -2.21. The minimum absolute atomic E-state index is 0.107. The number of alkyl halides is 1. The van der Waals surface area contributed by atoms with Gasteiger partial charge < -0.3 is 4.74 Å². The fourth-order valence-electron chi connectivity index (χ4n) is 1.06. The van der Waals surface area contributed by atoms with Crippen LogP contribution in [0.1, 0.15) is 26.3 Å². The lowest BCUT2D eigenvalue weighted by Crippen LogP contribution is -2.15. The van der Waals surface area contributed by atoms with Crippen molar-refractivity contribution >= 4 is 15.9 Å². The van der Waals surface area contributed by atoms with Crippen molar-refractivity contribution in [3.8, 4) is 5.75 Å². The first-order chi connectivity index (χ1) is 7.43. The van der Waals surface area contributed by atoms with Crippen molar-refractivity contribution in [2.75, 3.05) is 6.61 Å². The van der Waals surface area contributed by atoms with Gasteiger partial charge in [-0.15, -0.1) is 0 Å². The highest BCUT2D eigenvalue weighted by Crippen LogP contribution is 2.24. The van der Waals surface area contributed by atoms with E-state index in [9.17, 15) is 0 Å². The molecule has 0 aliphatic rings. The van der Waals surface area contributed by atoms with Crippen LogP contribution in [-0.4, -0.2) is 6.61 Å². The molecule has 16 heavy (non-hydrogen) atoms. The molecule has 0 saturated carbocycles. The van der Waals surface area contributed by atoms with Gasteiger partial charge >= 0.3 is 0 Å². The van der Waals surface area contributed by atoms with E-state index in [-0.39, 0.29) is 5.41 Å². The zero-order chi connectivity index (χ0) is 12.2. The molecule has 0 bridgehead atoms. The second-order valence-electron chi connectivity index (χ2n) is 4.92. The molecule has 0 fully saturated rings. The summed E-state index contributed by atoms with van der Waals surface area (Å²) in [6.45, 7) is 11.1. The van der Waals surface area contributed by atoms with E-state index in [1.54, 1.807) is 0 Å². The molecule has 0 saturated heterocycles. The molecule has 88 valence electrons. The predicted octanol–water partition coefficient (Wildman–Crippen LogP) is 4.56. The van der Waals surface area contributed by atoms with Crippen LogP contribution in [0.25, 0.3) is 0 Å². The number of halogens is 1. The first-order valence-electron chi connectivity index (χ1n) is 5.39. The van der Waals surface area contributed by atoms with Gasteiger partial charge in [0.1, 0.15) is 12.4 Å². The van der Waals surface area contributed by atoms with E-state index >= 15 is 0 Å². The Morgan fingerprint density at radius 2 is 1.81 bits per heavy atom. The van der Waals surface area contributed by atoms with Crippen molar-refractivity contribution in [1.29, 1.82) is 0 Å². The molecule has 0 aliphatic heterocycles. The van der Waals surface area contributed by atoms with Crippen molar-refractivity contribution in [3.05, 3.63) is 42.0 Å². The van der Waals surface area contributed by atoms with E-state index < -0.39 is 0 Å². The molecule has 1 nitrogen and oxygen atoms in total. The molecule has 0 radical (unpaired) electrons. The zero-order valence-electron chi connectivity index (χ0n) is 10.2. The van der Waals surface area contributed by atoms with Gasteiger partial charge in [0.25, 0.3) is 0 Å². The summed E-state index contributed by atoms with van der Waals surface area (Å²) in [4.78, 5) is 0. The van der Waals surface area contributed by atoms with Crippen LogP contribution in [-0.2, 0) is 5.33 Å². The summed E-state index contributed by atoms with van der Waals surface area (Å²) in [6, 6.07) is 8.10. The largest absolute Gasteiger partial charge is 0.489 e. The molecule has 0 atom stereocenters. The molecule has 2 heteroatoms. The van der Waals surface area contributed by atoms with Gasteiger partial charge in [-0.2, -0.15) is 0 Å². The molecule has 0 heterocycles. The number of hydrogen-bond acceptors (Lipinski definition) is 1. The summed E-state index contributed by atoms with van der Waals surface area (Å²) in [5.41, 5.74) is 2.47. The highest BCUT2D eigenvalue weighted by Gasteiger charge is 2.14. The van der Waals surface area contributed by atoms with Crippen LogP contribution in [0, 0.1) is 5.41 Å². The van der Waals surface area contributed by atoms with Crippen LogP contribution in [0.2, 0.25) is 0 Å². The third-order valence-electron chi connectivity index (χ3n) is 2.55. The summed E-state index contributed by atoms with van der Waals surface area (Å²) in [5, 5.41) is 0.877. The number of rotatable bonds is 4. The van der Waals surface area contributed by atoms with Gasteiger partial charge in [0.05, 0.1) is 0 Å². The van der Waals surface area contributed by atoms with Crippen molar-refractivity contribution in [1.82, 2.24) is 0 Å². The Morgan fingerprint density at radius 1 is 1.25 bits per heavy atom. The maximum atomic E-state index is 5.68. The first-order valence-corrected chi connectivity index (χ1v) is 6.51. The summed E-state index contributed by atoms with van der Waals surface area (Å²) >= 11 is 3.42. The number of benzene rings is 1. The molecule has 0 amide bonds. The number of ether oxygens (including phenoxy) is 1. The van der Waals surface area contributed by atoms with Crippen molar-refractivity contribution < 1.29 is 4.74 Å². The van der Waals surface area contributed by atoms with Crippen LogP contribution in [0.5, 0.6) is 5.75 Å². The monoisotopic (exact) mass is 282 g/mol. The Labute approximate surface area is 107 Å². The standard InChI is InChI=1S/C14H19BrO/c1-11(14(2,3)4)10-16-13-7-5-12(9-15)6-8-13/h5-8H,1,9-10H2,2-4H3. The second-order valence-corrected chi connectivity index (χ2v) is 5.48. The van der Waals surface area contributed by atoms with E-state index in [2.05, 4.69) is 55.4 Å². The smallest absolute Gasteiger partial charge is 0.119 e. The summed E-state index contributed by atoms with van der Waals surface area (Å²) < 4.78 is 5.68. The Bertz CT molecular complexity index is 346. The topological polar surface area (TPSA) is 9.23 Å². The Morgan fingerprint density at radius 3 is 2.25 bits per heavy atom. The fourth-order valence-corrected chi connectivity index (χ4v) is 1.44. The molecular weight excluding hydrogens is 264 g/mol. The normalized spacial score (nSPS) is 11.2. The van der Waals surface area contributed by atoms with Crippen LogP contribution >= 0.6 is 15.9 Å². The lowest BCUT2D eigenvalue weighted by atomic mass is 9.88. The third kappa shape index (κ3) is 4.01. The minimum atomic E-state index is 0.107. The van der Waals surface area contributed by atoms with Crippen LogP contribution in [0.4, 0.5) is 0 Å². The van der Waals surface area contributed by atoms with Gasteiger partial charge in [-0.3, -0.25) is 0 Å². The molecule has 1 aromatic rings. The van der Waals surface area contributed by atoms with E-state index in [0.29, 0.717) is 6.61 Å². The van der Waals surface area contributed by atoms with Crippen molar-refractivity contribution in [2.45, 2.75) is 26.1 Å². The molecular formula is C14H19BrO. The van der Waals surface area contributed by atoms with Gasteiger partial charge in [-0.1, -0.05) is 55.4 Å². The van der Waals surface area contributed by atoms with Gasteiger partial charge in [-0.05, 0) is 28.7 Å². The van der Waals surface area contributed by atoms with Gasteiger partial charge in [0, 0.05) is 5.33 Å². The quantitative estimate of drug-likeness (QED) is 0.581. The average molecular weight is 283 g/mol. The lowest BCUT2D eigenvalue weighted by molar-refractivity contribution is 0.316. The van der Waals surface area contributed by atoms with Crippen molar-refractivity contribution in [3.63, 3.8) is 0 Å². The van der Waals surface area contributed by atoms with Crippen LogP contribution in [0.3, 0.4) is 0 Å². The SMILES string of the molecule is C=C(COc1ccc(CBr)cc1)C(C)(C)C. The van der Waals surface area contributed by atoms with Gasteiger partial charge in [0.15, 0.2) is 0 Å². The molecule has 1 rings (SSSR count). The van der Waals surface area contributed by atoms with E-state index in [1.165, 1.54) is 5.56 Å². The average Bonchev–Trinajstić information content (AvgIpc) is 2.25. The highest BCUT2D eigenvalue weighted by molar-refractivity contribution is 9.08. The molecule has 0 N–H and O–H groups in total. The van der Waals surface area contributed by atoms with Crippen LogP contribution in [0.15, 0.2) is 36.4 Å². The fraction of sp³-hybridized carbons (Fsp3) is 0.429. The van der Waals surface area contributed by atoms with Gasteiger partial charge in [-0.25, -0.2) is 0 Å². The summed E-state index contributed by atoms with van der Waals surface area (Å²) in [7, 11) is 0. The first kappa shape index (κ1) is 13.3. The molecule has 0 aromatic heterocycles. The maximum Gasteiger partial charge on any atom is 0.119 e. The molecule has 1 aromatic carbocycles. The highest BCUT2D eigenvalue weighted by atomic mass is 79.9.